The molecule has 14 heavy (non-hydrogen) atoms. The minimum atomic E-state index is 0.667. The molecule has 3 heteroatoms. The van der Waals surface area contributed by atoms with E-state index in [1.54, 1.807) is 6.07 Å². The largest absolute Gasteiger partial charge is 0.237 e. The van der Waals surface area contributed by atoms with E-state index < -0.39 is 0 Å². The quantitative estimate of drug-likeness (QED) is 0.594. The van der Waals surface area contributed by atoms with E-state index in [9.17, 15) is 0 Å². The van der Waals surface area contributed by atoms with Crippen molar-refractivity contribution in [2.75, 3.05) is 0 Å². The molecule has 66 valence electrons. The van der Waals surface area contributed by atoms with Crippen LogP contribution in [0.1, 0.15) is 11.1 Å². The second-order valence-electron chi connectivity index (χ2n) is 2.98. The molecule has 0 radical (unpaired) electrons. The smallest absolute Gasteiger partial charge is 0.198 e. The van der Waals surface area contributed by atoms with Gasteiger partial charge < -0.3 is 0 Å². The van der Waals surface area contributed by atoms with Crippen LogP contribution in [-0.2, 0) is 0 Å². The first-order valence-electron chi connectivity index (χ1n) is 4.06. The van der Waals surface area contributed by atoms with E-state index in [0.717, 1.165) is 15.6 Å². The molecule has 2 rings (SSSR count). The molecular weight excluding hydrogens is 192 g/mol. The van der Waals surface area contributed by atoms with Gasteiger partial charge in [-0.2, -0.15) is 5.26 Å². The number of benzene rings is 1. The monoisotopic (exact) mass is 198 g/mol. The molecule has 2 nitrogen and oxygen atoms in total. The van der Waals surface area contributed by atoms with Gasteiger partial charge in [-0.1, -0.05) is 12.1 Å². The van der Waals surface area contributed by atoms with Crippen molar-refractivity contribution in [2.24, 2.45) is 0 Å². The molecule has 0 saturated carbocycles. The molecule has 1 aromatic heterocycles. The summed E-state index contributed by atoms with van der Waals surface area (Å²) in [7, 11) is 0. The number of thiophene rings is 1. The van der Waals surface area contributed by atoms with Gasteiger partial charge in [0.1, 0.15) is 6.07 Å². The Bertz CT molecular complexity index is 582. The van der Waals surface area contributed by atoms with Crippen LogP contribution in [0, 0.1) is 24.8 Å². The van der Waals surface area contributed by atoms with Gasteiger partial charge in [-0.3, -0.25) is 0 Å². The van der Waals surface area contributed by atoms with Crippen molar-refractivity contribution in [3.63, 3.8) is 0 Å². The predicted molar refractivity (Wildman–Crippen MR) is 57.5 cm³/mol. The molecule has 0 spiro atoms. The van der Waals surface area contributed by atoms with Gasteiger partial charge >= 0.3 is 0 Å². The number of aryl methyl sites for hydroxylation is 1. The molecule has 0 aliphatic heterocycles. The van der Waals surface area contributed by atoms with Crippen molar-refractivity contribution in [1.29, 1.82) is 5.26 Å². The van der Waals surface area contributed by atoms with E-state index in [-0.39, 0.29) is 0 Å². The first-order chi connectivity index (χ1) is 6.77. The Morgan fingerprint density at radius 2 is 2.36 bits per heavy atom. The molecule has 1 aromatic carbocycles. The number of hydrogen-bond acceptors (Lipinski definition) is 2. The fourth-order valence-electron chi connectivity index (χ4n) is 1.50. The van der Waals surface area contributed by atoms with Crippen LogP contribution < -0.4 is 0 Å². The lowest BCUT2D eigenvalue weighted by Crippen LogP contribution is -1.79. The number of fused-ring (bicyclic) bond motifs is 1. The van der Waals surface area contributed by atoms with Crippen LogP contribution >= 0.6 is 11.3 Å². The molecular formula is C11H6N2S. The maximum Gasteiger partial charge on any atom is 0.198 e. The van der Waals surface area contributed by atoms with Crippen LogP contribution in [0.15, 0.2) is 17.5 Å². The Kier molecular flexibility index (Phi) is 1.96. The van der Waals surface area contributed by atoms with Gasteiger partial charge in [-0.25, -0.2) is 4.85 Å². The Balaban J connectivity index is 3.00. The third-order valence-electron chi connectivity index (χ3n) is 2.13. The number of hydrogen-bond donors (Lipinski definition) is 0. The van der Waals surface area contributed by atoms with Crippen molar-refractivity contribution >= 4 is 27.1 Å². The van der Waals surface area contributed by atoms with E-state index in [1.165, 1.54) is 11.3 Å². The molecule has 0 fully saturated rings. The van der Waals surface area contributed by atoms with E-state index in [2.05, 4.69) is 10.9 Å². The average Bonchev–Trinajstić information content (AvgIpc) is 2.65. The molecule has 0 atom stereocenters. The molecule has 0 aliphatic rings. The first-order valence-corrected chi connectivity index (χ1v) is 4.94. The normalized spacial score (nSPS) is 9.64. The third kappa shape index (κ3) is 1.08. The van der Waals surface area contributed by atoms with Crippen LogP contribution in [0.2, 0.25) is 0 Å². The highest BCUT2D eigenvalue weighted by molar-refractivity contribution is 7.17. The van der Waals surface area contributed by atoms with Crippen molar-refractivity contribution in [2.45, 2.75) is 6.92 Å². The highest BCUT2D eigenvalue weighted by Gasteiger charge is 2.09. The van der Waals surface area contributed by atoms with Gasteiger partial charge in [0.05, 0.1) is 12.1 Å². The van der Waals surface area contributed by atoms with E-state index in [4.69, 9.17) is 11.8 Å². The minimum Gasteiger partial charge on any atom is -0.237 e. The maximum absolute atomic E-state index is 8.92. The van der Waals surface area contributed by atoms with Gasteiger partial charge in [0.2, 0.25) is 0 Å². The molecule has 0 saturated heterocycles. The fraction of sp³-hybridized carbons (Fsp3) is 0.0909. The zero-order valence-electron chi connectivity index (χ0n) is 7.53. The molecule has 0 amide bonds. The molecule has 0 aliphatic carbocycles. The molecule has 0 unspecified atom stereocenters. The predicted octanol–water partition coefficient (Wildman–Crippen LogP) is 3.63. The summed E-state index contributed by atoms with van der Waals surface area (Å²) in [6.45, 7) is 8.95. The number of rotatable bonds is 0. The zero-order chi connectivity index (χ0) is 10.1. The maximum atomic E-state index is 8.92. The summed E-state index contributed by atoms with van der Waals surface area (Å²) in [5.41, 5.74) is 2.21. The molecule has 2 aromatic rings. The lowest BCUT2D eigenvalue weighted by atomic mass is 10.1. The zero-order valence-corrected chi connectivity index (χ0v) is 8.35. The van der Waals surface area contributed by atoms with Crippen LogP contribution in [-0.4, -0.2) is 0 Å². The van der Waals surface area contributed by atoms with Gasteiger partial charge in [0.25, 0.3) is 0 Å². The van der Waals surface area contributed by atoms with Crippen molar-refractivity contribution in [3.05, 3.63) is 40.1 Å². The minimum absolute atomic E-state index is 0.667. The molecule has 0 bridgehead atoms. The van der Waals surface area contributed by atoms with Crippen molar-refractivity contribution in [3.8, 4) is 6.07 Å². The van der Waals surface area contributed by atoms with Gasteiger partial charge in [-0.15, -0.1) is 11.3 Å². The summed E-state index contributed by atoms with van der Waals surface area (Å²) in [4.78, 5) is 3.49. The summed E-state index contributed by atoms with van der Waals surface area (Å²) < 4.78 is 0.920. The highest BCUT2D eigenvalue weighted by Crippen LogP contribution is 2.35. The Hall–Kier alpha value is -1.84. The topological polar surface area (TPSA) is 28.1 Å². The summed E-state index contributed by atoms with van der Waals surface area (Å²) in [6, 6.07) is 5.84. The Morgan fingerprint density at radius 3 is 3.00 bits per heavy atom. The standard InChI is InChI=1S/C11H6N2S/c1-7-5-8(6-12)11-9(3-4-14-11)10(7)13-2/h3-5H,1H3. The SMILES string of the molecule is [C-]#[N+]c1c(C)cc(C#N)c2sccc12. The van der Waals surface area contributed by atoms with E-state index in [0.29, 0.717) is 11.3 Å². The van der Waals surface area contributed by atoms with Gasteiger partial charge in [0.15, 0.2) is 5.69 Å². The first kappa shape index (κ1) is 8.74. The highest BCUT2D eigenvalue weighted by atomic mass is 32.1. The Labute approximate surface area is 85.8 Å². The number of nitrogens with zero attached hydrogens (tertiary/aromatic N) is 2. The van der Waals surface area contributed by atoms with Crippen molar-refractivity contribution in [1.82, 2.24) is 0 Å². The van der Waals surface area contributed by atoms with Crippen molar-refractivity contribution < 1.29 is 0 Å². The fourth-order valence-corrected chi connectivity index (χ4v) is 2.36. The molecule has 1 heterocycles. The van der Waals surface area contributed by atoms with Gasteiger partial charge in [-0.05, 0) is 23.3 Å². The average molecular weight is 198 g/mol. The summed E-state index contributed by atoms with van der Waals surface area (Å²) in [6.07, 6.45) is 0. The van der Waals surface area contributed by atoms with Crippen LogP contribution in [0.5, 0.6) is 0 Å². The Morgan fingerprint density at radius 1 is 1.57 bits per heavy atom. The van der Waals surface area contributed by atoms with Gasteiger partial charge in [0, 0.05) is 4.70 Å². The summed E-state index contributed by atoms with van der Waals surface area (Å²) >= 11 is 1.51. The summed E-state index contributed by atoms with van der Waals surface area (Å²) in [5, 5.41) is 11.7. The second kappa shape index (κ2) is 3.14. The lowest BCUT2D eigenvalue weighted by molar-refractivity contribution is 1.47. The number of nitriles is 1. The van der Waals surface area contributed by atoms with Crippen LogP contribution in [0.25, 0.3) is 14.9 Å². The molecule has 0 N–H and O–H groups in total. The van der Waals surface area contributed by atoms with E-state index >= 15 is 0 Å². The second-order valence-corrected chi connectivity index (χ2v) is 3.89. The lowest BCUT2D eigenvalue weighted by Gasteiger charge is -2.00. The van der Waals surface area contributed by atoms with Crippen LogP contribution in [0.4, 0.5) is 5.69 Å². The van der Waals surface area contributed by atoms with Crippen LogP contribution in [0.3, 0.4) is 0 Å². The van der Waals surface area contributed by atoms with E-state index in [1.807, 2.05) is 18.4 Å². The summed E-state index contributed by atoms with van der Waals surface area (Å²) in [5.74, 6) is 0. The third-order valence-corrected chi connectivity index (χ3v) is 3.08.